The third kappa shape index (κ3) is 3.79. The Balaban J connectivity index is 1.63. The van der Waals surface area contributed by atoms with E-state index in [2.05, 4.69) is 10.6 Å². The molecule has 0 radical (unpaired) electrons. The molecule has 1 fully saturated rings. The van der Waals surface area contributed by atoms with Gasteiger partial charge in [-0.25, -0.2) is 9.18 Å². The second-order valence-corrected chi connectivity index (χ2v) is 6.25. The van der Waals surface area contributed by atoms with Crippen LogP contribution in [0.15, 0.2) is 42.5 Å². The zero-order chi connectivity index (χ0) is 18.0. The van der Waals surface area contributed by atoms with Gasteiger partial charge in [0.2, 0.25) is 5.91 Å². The Morgan fingerprint density at radius 2 is 1.76 bits per heavy atom. The molecule has 25 heavy (non-hydrogen) atoms. The molecule has 5 nitrogen and oxygen atoms in total. The SMILES string of the molecule is Cc1cccc(C)c1NC(=O)NC1CC(=O)N(c2ccc(F)cc2)C1. The van der Waals surface area contributed by atoms with Crippen molar-refractivity contribution in [2.24, 2.45) is 0 Å². The fourth-order valence-corrected chi connectivity index (χ4v) is 3.02. The highest BCUT2D eigenvalue weighted by molar-refractivity contribution is 5.97. The van der Waals surface area contributed by atoms with Gasteiger partial charge in [-0.15, -0.1) is 0 Å². The Morgan fingerprint density at radius 1 is 1.12 bits per heavy atom. The molecule has 2 aromatic carbocycles. The molecule has 0 aromatic heterocycles. The summed E-state index contributed by atoms with van der Waals surface area (Å²) in [6.07, 6.45) is 0.220. The lowest BCUT2D eigenvalue weighted by Gasteiger charge is -2.18. The van der Waals surface area contributed by atoms with Crippen LogP contribution < -0.4 is 15.5 Å². The minimum atomic E-state index is -0.349. The van der Waals surface area contributed by atoms with Gasteiger partial charge in [-0.2, -0.15) is 0 Å². The van der Waals surface area contributed by atoms with Gasteiger partial charge < -0.3 is 15.5 Å². The van der Waals surface area contributed by atoms with Gasteiger partial charge in [0, 0.05) is 24.3 Å². The predicted molar refractivity (Wildman–Crippen MR) is 95.2 cm³/mol. The van der Waals surface area contributed by atoms with E-state index < -0.39 is 0 Å². The average Bonchev–Trinajstić information content (AvgIpc) is 2.92. The summed E-state index contributed by atoms with van der Waals surface area (Å²) in [5, 5.41) is 5.69. The Kier molecular flexibility index (Phi) is 4.70. The van der Waals surface area contributed by atoms with Crippen molar-refractivity contribution in [3.63, 3.8) is 0 Å². The molecule has 0 bridgehead atoms. The highest BCUT2D eigenvalue weighted by atomic mass is 19.1. The summed E-state index contributed by atoms with van der Waals surface area (Å²) in [4.78, 5) is 26.0. The van der Waals surface area contributed by atoms with E-state index in [1.54, 1.807) is 17.0 Å². The molecule has 1 unspecified atom stereocenters. The van der Waals surface area contributed by atoms with Gasteiger partial charge in [0.25, 0.3) is 0 Å². The molecule has 0 saturated carbocycles. The number of amides is 3. The zero-order valence-electron chi connectivity index (χ0n) is 14.2. The molecule has 1 saturated heterocycles. The maximum Gasteiger partial charge on any atom is 0.319 e. The molecule has 2 N–H and O–H groups in total. The minimum absolute atomic E-state index is 0.0935. The molecule has 0 aliphatic carbocycles. The summed E-state index contributed by atoms with van der Waals surface area (Å²) in [6.45, 7) is 4.22. The normalized spacial score (nSPS) is 16.8. The first-order valence-corrected chi connectivity index (χ1v) is 8.13. The summed E-state index contributed by atoms with van der Waals surface area (Å²) in [6, 6.07) is 10.9. The van der Waals surface area contributed by atoms with Crippen molar-refractivity contribution in [2.45, 2.75) is 26.3 Å². The van der Waals surface area contributed by atoms with Gasteiger partial charge in [-0.3, -0.25) is 4.79 Å². The van der Waals surface area contributed by atoms with Crippen LogP contribution in [0.4, 0.5) is 20.6 Å². The number of anilines is 2. The van der Waals surface area contributed by atoms with Crippen LogP contribution in [0, 0.1) is 19.7 Å². The number of hydrogen-bond acceptors (Lipinski definition) is 2. The molecule has 3 amide bonds. The van der Waals surface area contributed by atoms with Crippen molar-refractivity contribution >= 4 is 23.3 Å². The van der Waals surface area contributed by atoms with Gasteiger partial charge >= 0.3 is 6.03 Å². The van der Waals surface area contributed by atoms with Gasteiger partial charge in [-0.05, 0) is 49.2 Å². The number of nitrogens with one attached hydrogen (secondary N) is 2. The van der Waals surface area contributed by atoms with Gasteiger partial charge in [0.1, 0.15) is 5.82 Å². The number of hydrogen-bond donors (Lipinski definition) is 2. The number of benzene rings is 2. The minimum Gasteiger partial charge on any atom is -0.333 e. The van der Waals surface area contributed by atoms with E-state index in [0.29, 0.717) is 12.2 Å². The topological polar surface area (TPSA) is 61.4 Å². The fourth-order valence-electron chi connectivity index (χ4n) is 3.02. The molecule has 2 aromatic rings. The van der Waals surface area contributed by atoms with Gasteiger partial charge in [0.15, 0.2) is 0 Å². The van der Waals surface area contributed by atoms with Crippen LogP contribution >= 0.6 is 0 Å². The number of carbonyl (C=O) groups is 2. The summed E-state index contributed by atoms with van der Waals surface area (Å²) in [5.74, 6) is -0.443. The van der Waals surface area contributed by atoms with Gasteiger partial charge in [0.05, 0.1) is 6.04 Å². The Labute approximate surface area is 145 Å². The molecular formula is C19H20FN3O2. The summed E-state index contributed by atoms with van der Waals surface area (Å²) in [5.41, 5.74) is 3.36. The lowest BCUT2D eigenvalue weighted by molar-refractivity contribution is -0.117. The number of carbonyl (C=O) groups excluding carboxylic acids is 2. The molecular weight excluding hydrogens is 321 g/mol. The van der Waals surface area contributed by atoms with Crippen molar-refractivity contribution < 1.29 is 14.0 Å². The maximum atomic E-state index is 13.0. The quantitative estimate of drug-likeness (QED) is 0.899. The van der Waals surface area contributed by atoms with Gasteiger partial charge in [-0.1, -0.05) is 18.2 Å². The third-order valence-corrected chi connectivity index (χ3v) is 4.32. The van der Waals surface area contributed by atoms with E-state index in [9.17, 15) is 14.0 Å². The zero-order valence-corrected chi connectivity index (χ0v) is 14.2. The Morgan fingerprint density at radius 3 is 2.40 bits per heavy atom. The van der Waals surface area contributed by atoms with Crippen LogP contribution in [-0.4, -0.2) is 24.5 Å². The molecule has 6 heteroatoms. The van der Waals surface area contributed by atoms with Crippen molar-refractivity contribution in [3.8, 4) is 0 Å². The van der Waals surface area contributed by atoms with Crippen LogP contribution in [0.25, 0.3) is 0 Å². The smallest absolute Gasteiger partial charge is 0.319 e. The molecule has 130 valence electrons. The van der Waals surface area contributed by atoms with Crippen molar-refractivity contribution in [3.05, 3.63) is 59.4 Å². The monoisotopic (exact) mass is 341 g/mol. The first kappa shape index (κ1) is 17.0. The Hall–Kier alpha value is -2.89. The lowest BCUT2D eigenvalue weighted by Crippen LogP contribution is -2.40. The van der Waals surface area contributed by atoms with Crippen molar-refractivity contribution in [1.82, 2.24) is 5.32 Å². The van der Waals surface area contributed by atoms with Crippen LogP contribution in [0.3, 0.4) is 0 Å². The Bertz CT molecular complexity index is 785. The first-order valence-electron chi connectivity index (χ1n) is 8.13. The van der Waals surface area contributed by atoms with E-state index in [-0.39, 0.29) is 30.2 Å². The molecule has 1 heterocycles. The first-order chi connectivity index (χ1) is 11.9. The standard InChI is InChI=1S/C19H20FN3O2/c1-12-4-3-5-13(2)18(12)22-19(25)21-15-10-17(24)23(11-15)16-8-6-14(20)7-9-16/h3-9,15H,10-11H2,1-2H3,(H2,21,22,25). The summed E-state index contributed by atoms with van der Waals surface area (Å²) in [7, 11) is 0. The molecule has 1 aliphatic rings. The van der Waals surface area contributed by atoms with E-state index in [4.69, 9.17) is 0 Å². The third-order valence-electron chi connectivity index (χ3n) is 4.32. The second-order valence-electron chi connectivity index (χ2n) is 6.25. The fraction of sp³-hybridized carbons (Fsp3) is 0.263. The molecule has 1 aliphatic heterocycles. The van der Waals surface area contributed by atoms with Crippen molar-refractivity contribution in [1.29, 1.82) is 0 Å². The van der Waals surface area contributed by atoms with E-state index in [1.165, 1.54) is 12.1 Å². The highest BCUT2D eigenvalue weighted by Crippen LogP contribution is 2.22. The van der Waals surface area contributed by atoms with Crippen LogP contribution in [0.1, 0.15) is 17.5 Å². The highest BCUT2D eigenvalue weighted by Gasteiger charge is 2.31. The van der Waals surface area contributed by atoms with Crippen LogP contribution in [0.5, 0.6) is 0 Å². The average molecular weight is 341 g/mol. The number of halogens is 1. The number of aryl methyl sites for hydroxylation is 2. The van der Waals surface area contributed by atoms with E-state index in [1.807, 2.05) is 32.0 Å². The summed E-state index contributed by atoms with van der Waals surface area (Å²) >= 11 is 0. The van der Waals surface area contributed by atoms with E-state index >= 15 is 0 Å². The molecule has 0 spiro atoms. The predicted octanol–water partition coefficient (Wildman–Crippen LogP) is 3.37. The lowest BCUT2D eigenvalue weighted by atomic mass is 10.1. The van der Waals surface area contributed by atoms with Crippen molar-refractivity contribution in [2.75, 3.05) is 16.8 Å². The molecule has 1 atom stereocenters. The van der Waals surface area contributed by atoms with Crippen LogP contribution in [0.2, 0.25) is 0 Å². The second kappa shape index (κ2) is 6.93. The number of urea groups is 1. The van der Waals surface area contributed by atoms with E-state index in [0.717, 1.165) is 16.8 Å². The molecule has 3 rings (SSSR count). The summed E-state index contributed by atoms with van der Waals surface area (Å²) < 4.78 is 13.0. The number of nitrogens with zero attached hydrogens (tertiary/aromatic N) is 1. The van der Waals surface area contributed by atoms with Crippen LogP contribution in [-0.2, 0) is 4.79 Å². The largest absolute Gasteiger partial charge is 0.333 e. The maximum absolute atomic E-state index is 13.0. The number of rotatable bonds is 3. The number of para-hydroxylation sites is 1.